The van der Waals surface area contributed by atoms with E-state index in [2.05, 4.69) is 9.89 Å². The average molecular weight is 617 g/mol. The van der Waals surface area contributed by atoms with Crippen LogP contribution in [0.3, 0.4) is 0 Å². The van der Waals surface area contributed by atoms with E-state index in [4.69, 9.17) is 20.9 Å². The van der Waals surface area contributed by atoms with Gasteiger partial charge in [-0.2, -0.15) is 8.78 Å². The second-order valence-corrected chi connectivity index (χ2v) is 13.0. The van der Waals surface area contributed by atoms with Crippen LogP contribution in [0.25, 0.3) is 11.3 Å². The number of hydrogen-bond donors (Lipinski definition) is 0. The highest BCUT2D eigenvalue weighted by Crippen LogP contribution is 2.48. The van der Waals surface area contributed by atoms with Crippen molar-refractivity contribution < 1.29 is 36.8 Å². The number of carbonyl (C=O) groups excluding carboxylic acids is 2. The van der Waals surface area contributed by atoms with E-state index >= 15 is 4.39 Å². The quantitative estimate of drug-likeness (QED) is 0.186. The molecule has 1 aliphatic carbocycles. The van der Waals surface area contributed by atoms with Gasteiger partial charge < -0.3 is 18.9 Å². The Balaban J connectivity index is 1.23. The van der Waals surface area contributed by atoms with Crippen LogP contribution in [0, 0.1) is 11.2 Å². The van der Waals surface area contributed by atoms with E-state index < -0.39 is 29.9 Å². The molecule has 2 aliphatic heterocycles. The molecule has 43 heavy (non-hydrogen) atoms. The maximum atomic E-state index is 15.4. The first kappa shape index (κ1) is 29.5. The van der Waals surface area contributed by atoms with Crippen LogP contribution in [0.2, 0.25) is 5.02 Å². The number of alkyl halides is 2. The summed E-state index contributed by atoms with van der Waals surface area (Å²) in [5, 5.41) is 4.15. The lowest BCUT2D eigenvalue weighted by Crippen LogP contribution is -2.46. The first-order valence-corrected chi connectivity index (χ1v) is 14.9. The molecule has 0 N–H and O–H groups in total. The van der Waals surface area contributed by atoms with Crippen molar-refractivity contribution in [2.45, 2.75) is 90.0 Å². The third-order valence-corrected chi connectivity index (χ3v) is 8.75. The standard InChI is InChI=1S/C32H32ClF3N2O5/c1-32(2,3)29(39)17-9-12-23(22(34)13-17)38-18-10-11-19(38)15-20(14-18)41-30(40)26-27(37-43-28(26)16-7-8-16)25-21(33)5-4-6-24(25)42-31(35)36/h4-6,9,12-13,16,18-20,31H,7-8,10-11,14-15H2,1-3H3/t18-,19+,20+. The van der Waals surface area contributed by atoms with Gasteiger partial charge in [-0.25, -0.2) is 9.18 Å². The molecule has 0 amide bonds. The average Bonchev–Trinajstić information content (AvgIpc) is 3.63. The molecule has 3 heterocycles. The molecular weight excluding hydrogens is 585 g/mol. The van der Waals surface area contributed by atoms with Crippen LogP contribution in [0.5, 0.6) is 5.75 Å². The molecule has 7 nitrogen and oxygen atoms in total. The number of ether oxygens (including phenoxy) is 2. The molecule has 228 valence electrons. The molecule has 1 saturated carbocycles. The van der Waals surface area contributed by atoms with Crippen LogP contribution >= 0.6 is 11.6 Å². The number of piperidine rings is 1. The van der Waals surface area contributed by atoms with Crippen molar-refractivity contribution in [3.05, 3.63) is 64.1 Å². The smallest absolute Gasteiger partial charge is 0.387 e. The summed E-state index contributed by atoms with van der Waals surface area (Å²) in [5.74, 6) is -1.16. The van der Waals surface area contributed by atoms with Crippen LogP contribution in [-0.2, 0) is 4.74 Å². The summed E-state index contributed by atoms with van der Waals surface area (Å²) in [5.41, 5.74) is 0.246. The second kappa shape index (κ2) is 11.2. The fraction of sp³-hybridized carbons (Fsp3) is 0.469. The molecule has 2 saturated heterocycles. The van der Waals surface area contributed by atoms with Gasteiger partial charge in [-0.1, -0.05) is 43.6 Å². The zero-order valence-corrected chi connectivity index (χ0v) is 24.8. The van der Waals surface area contributed by atoms with Crippen LogP contribution in [-0.4, -0.2) is 41.7 Å². The fourth-order valence-corrected chi connectivity index (χ4v) is 6.60. The van der Waals surface area contributed by atoms with Crippen molar-refractivity contribution in [1.29, 1.82) is 0 Å². The van der Waals surface area contributed by atoms with Crippen molar-refractivity contribution >= 4 is 29.0 Å². The van der Waals surface area contributed by atoms with E-state index in [1.807, 2.05) is 4.90 Å². The number of carbonyl (C=O) groups is 2. The predicted octanol–water partition coefficient (Wildman–Crippen LogP) is 8.20. The Morgan fingerprint density at radius 1 is 1.07 bits per heavy atom. The van der Waals surface area contributed by atoms with Crippen molar-refractivity contribution in [2.24, 2.45) is 5.41 Å². The maximum Gasteiger partial charge on any atom is 0.387 e. The summed E-state index contributed by atoms with van der Waals surface area (Å²) < 4.78 is 58.0. The minimum atomic E-state index is -3.11. The lowest BCUT2D eigenvalue weighted by molar-refractivity contribution is -0.0494. The number of aromatic nitrogens is 1. The summed E-state index contributed by atoms with van der Waals surface area (Å²) in [6, 6.07) is 8.81. The van der Waals surface area contributed by atoms with Gasteiger partial charge in [0.2, 0.25) is 0 Å². The van der Waals surface area contributed by atoms with Gasteiger partial charge in [-0.3, -0.25) is 4.79 Å². The topological polar surface area (TPSA) is 81.9 Å². The van der Waals surface area contributed by atoms with Gasteiger partial charge in [-0.05, 0) is 56.0 Å². The monoisotopic (exact) mass is 616 g/mol. The molecule has 1 aromatic heterocycles. The Kier molecular flexibility index (Phi) is 7.69. The highest BCUT2D eigenvalue weighted by Gasteiger charge is 2.44. The number of anilines is 1. The molecule has 2 bridgehead atoms. The van der Waals surface area contributed by atoms with Gasteiger partial charge in [0.25, 0.3) is 0 Å². The van der Waals surface area contributed by atoms with E-state index in [0.717, 1.165) is 25.7 Å². The molecule has 3 atom stereocenters. The zero-order chi connectivity index (χ0) is 30.6. The Morgan fingerprint density at radius 2 is 1.77 bits per heavy atom. The predicted molar refractivity (Wildman–Crippen MR) is 153 cm³/mol. The van der Waals surface area contributed by atoms with Crippen molar-refractivity contribution in [3.63, 3.8) is 0 Å². The van der Waals surface area contributed by atoms with E-state index in [1.165, 1.54) is 24.3 Å². The molecule has 6 rings (SSSR count). The van der Waals surface area contributed by atoms with Crippen LogP contribution in [0.1, 0.15) is 91.7 Å². The molecule has 2 aromatic carbocycles. The van der Waals surface area contributed by atoms with Gasteiger partial charge in [0.15, 0.2) is 11.5 Å². The van der Waals surface area contributed by atoms with Gasteiger partial charge >= 0.3 is 12.6 Å². The Bertz CT molecular complexity index is 1550. The Morgan fingerprint density at radius 3 is 2.37 bits per heavy atom. The van der Waals surface area contributed by atoms with Crippen LogP contribution < -0.4 is 9.64 Å². The maximum absolute atomic E-state index is 15.4. The number of rotatable bonds is 8. The van der Waals surface area contributed by atoms with Crippen molar-refractivity contribution in [1.82, 2.24) is 5.16 Å². The summed E-state index contributed by atoms with van der Waals surface area (Å²) >= 11 is 6.39. The molecular formula is C32H32ClF3N2O5. The number of fused-ring (bicyclic) bond motifs is 2. The van der Waals surface area contributed by atoms with E-state index in [-0.39, 0.29) is 51.4 Å². The summed E-state index contributed by atoms with van der Waals surface area (Å²) in [6.45, 7) is 2.29. The molecule has 0 radical (unpaired) electrons. The van der Waals surface area contributed by atoms with Crippen molar-refractivity contribution in [3.8, 4) is 17.0 Å². The van der Waals surface area contributed by atoms with Gasteiger partial charge in [0.1, 0.15) is 28.9 Å². The number of halogens is 4. The highest BCUT2D eigenvalue weighted by atomic mass is 35.5. The highest BCUT2D eigenvalue weighted by molar-refractivity contribution is 6.33. The van der Waals surface area contributed by atoms with Crippen LogP contribution in [0.4, 0.5) is 18.9 Å². The van der Waals surface area contributed by atoms with Gasteiger partial charge in [-0.15, -0.1) is 0 Å². The number of benzene rings is 2. The molecule has 3 aromatic rings. The second-order valence-electron chi connectivity index (χ2n) is 12.6. The number of Topliss-reactive ketones (excluding diaryl/α,β-unsaturated/α-hetero) is 1. The summed E-state index contributed by atoms with van der Waals surface area (Å²) in [4.78, 5) is 28.4. The zero-order valence-electron chi connectivity index (χ0n) is 24.0. The molecule has 3 fully saturated rings. The minimum Gasteiger partial charge on any atom is -0.458 e. The molecule has 0 unspecified atom stereocenters. The van der Waals surface area contributed by atoms with Crippen LogP contribution in [0.15, 0.2) is 40.9 Å². The van der Waals surface area contributed by atoms with E-state index in [9.17, 15) is 18.4 Å². The summed E-state index contributed by atoms with van der Waals surface area (Å²) in [7, 11) is 0. The van der Waals surface area contributed by atoms with E-state index in [0.29, 0.717) is 29.9 Å². The number of nitrogens with zero attached hydrogens (tertiary/aromatic N) is 2. The molecule has 3 aliphatic rings. The third-order valence-electron chi connectivity index (χ3n) is 8.43. The summed E-state index contributed by atoms with van der Waals surface area (Å²) in [6.07, 6.45) is 3.72. The Labute approximate surface area is 252 Å². The SMILES string of the molecule is CC(C)(C)C(=O)c1ccc(N2[C@@H]3CC[C@H]2C[C@@H](OC(=O)c2c(-c4c(Cl)cccc4OC(F)F)noc2C2CC2)C3)c(F)c1. The van der Waals surface area contributed by atoms with Gasteiger partial charge in [0, 0.05) is 41.8 Å². The molecule has 0 spiro atoms. The number of hydrogen-bond acceptors (Lipinski definition) is 7. The normalized spacial score (nSPS) is 21.8. The fourth-order valence-electron chi connectivity index (χ4n) is 6.34. The van der Waals surface area contributed by atoms with Gasteiger partial charge in [0.05, 0.1) is 16.3 Å². The lowest BCUT2D eigenvalue weighted by Gasteiger charge is -2.40. The van der Waals surface area contributed by atoms with Crippen molar-refractivity contribution in [2.75, 3.05) is 4.90 Å². The number of esters is 1. The van der Waals surface area contributed by atoms with E-state index in [1.54, 1.807) is 32.9 Å². The third kappa shape index (κ3) is 5.73. The largest absolute Gasteiger partial charge is 0.458 e. The minimum absolute atomic E-state index is 0.000484. The Hall–Kier alpha value is -3.53. The molecule has 11 heteroatoms. The first-order valence-electron chi connectivity index (χ1n) is 14.5. The lowest BCUT2D eigenvalue weighted by atomic mass is 9.86. The number of ketones is 1. The first-order chi connectivity index (χ1) is 20.4.